The van der Waals surface area contributed by atoms with E-state index >= 15 is 0 Å². The number of pyridine rings is 1. The number of aryl methyl sites for hydroxylation is 1. The SMILES string of the molecule is Cc1cc[nH]c(=O)c1C(=O)Nc1ccc(OCc2ccccc2)cc1. The van der Waals surface area contributed by atoms with E-state index in [0.29, 0.717) is 23.6 Å². The first-order chi connectivity index (χ1) is 12.1. The first-order valence-corrected chi connectivity index (χ1v) is 7.90. The number of amides is 1. The highest BCUT2D eigenvalue weighted by molar-refractivity contribution is 6.04. The van der Waals surface area contributed by atoms with E-state index in [1.807, 2.05) is 30.3 Å². The molecule has 2 aromatic carbocycles. The van der Waals surface area contributed by atoms with Gasteiger partial charge in [0.25, 0.3) is 11.5 Å². The van der Waals surface area contributed by atoms with Crippen LogP contribution in [0.4, 0.5) is 5.69 Å². The van der Waals surface area contributed by atoms with E-state index in [-0.39, 0.29) is 5.56 Å². The summed E-state index contributed by atoms with van der Waals surface area (Å²) in [6.07, 6.45) is 1.52. The third kappa shape index (κ3) is 4.14. The Morgan fingerprint density at radius 3 is 2.44 bits per heavy atom. The molecule has 0 atom stereocenters. The van der Waals surface area contributed by atoms with Gasteiger partial charge in [-0.15, -0.1) is 0 Å². The first kappa shape index (κ1) is 16.5. The van der Waals surface area contributed by atoms with E-state index in [1.165, 1.54) is 6.20 Å². The standard InChI is InChI=1S/C20H18N2O3/c1-14-11-12-21-19(23)18(14)20(24)22-16-7-9-17(10-8-16)25-13-15-5-3-2-4-6-15/h2-12H,13H2,1H3,(H,21,23)(H,22,24). The minimum Gasteiger partial charge on any atom is -0.489 e. The Hall–Kier alpha value is -3.34. The van der Waals surface area contributed by atoms with Crippen LogP contribution in [0.5, 0.6) is 5.75 Å². The van der Waals surface area contributed by atoms with Crippen molar-refractivity contribution >= 4 is 11.6 Å². The van der Waals surface area contributed by atoms with Crippen molar-refractivity contribution in [1.82, 2.24) is 4.98 Å². The van der Waals surface area contributed by atoms with Crippen molar-refractivity contribution in [2.45, 2.75) is 13.5 Å². The molecule has 25 heavy (non-hydrogen) atoms. The Morgan fingerprint density at radius 1 is 1.04 bits per heavy atom. The van der Waals surface area contributed by atoms with E-state index in [1.54, 1.807) is 37.3 Å². The van der Waals surface area contributed by atoms with Crippen LogP contribution >= 0.6 is 0 Å². The molecule has 126 valence electrons. The van der Waals surface area contributed by atoms with Crippen LogP contribution in [0.2, 0.25) is 0 Å². The predicted octanol–water partition coefficient (Wildman–Crippen LogP) is 3.51. The Kier molecular flexibility index (Phi) is 4.95. The zero-order chi connectivity index (χ0) is 17.6. The van der Waals surface area contributed by atoms with Gasteiger partial charge in [0.1, 0.15) is 17.9 Å². The van der Waals surface area contributed by atoms with Gasteiger partial charge in [0, 0.05) is 11.9 Å². The minimum absolute atomic E-state index is 0.118. The van der Waals surface area contributed by atoms with Crippen LogP contribution in [0.15, 0.2) is 71.7 Å². The van der Waals surface area contributed by atoms with Crippen LogP contribution in [0.1, 0.15) is 21.5 Å². The number of H-pyrrole nitrogens is 1. The van der Waals surface area contributed by atoms with Crippen molar-refractivity contribution in [2.24, 2.45) is 0 Å². The zero-order valence-corrected chi connectivity index (χ0v) is 13.8. The Bertz CT molecular complexity index is 916. The van der Waals surface area contributed by atoms with E-state index < -0.39 is 11.5 Å². The molecule has 1 heterocycles. The molecular weight excluding hydrogens is 316 g/mol. The maximum absolute atomic E-state index is 12.3. The van der Waals surface area contributed by atoms with Crippen LogP contribution in [0.3, 0.4) is 0 Å². The highest BCUT2D eigenvalue weighted by Gasteiger charge is 2.13. The van der Waals surface area contributed by atoms with Crippen molar-refractivity contribution in [3.63, 3.8) is 0 Å². The van der Waals surface area contributed by atoms with Crippen LogP contribution in [-0.2, 0) is 6.61 Å². The zero-order valence-electron chi connectivity index (χ0n) is 13.8. The molecule has 0 radical (unpaired) electrons. The average Bonchev–Trinajstić information content (AvgIpc) is 2.62. The number of hydrogen-bond donors (Lipinski definition) is 2. The first-order valence-electron chi connectivity index (χ1n) is 7.90. The molecule has 0 aliphatic rings. The predicted molar refractivity (Wildman–Crippen MR) is 97.0 cm³/mol. The Morgan fingerprint density at radius 2 is 1.76 bits per heavy atom. The molecule has 2 N–H and O–H groups in total. The van der Waals surface area contributed by atoms with Gasteiger partial charge < -0.3 is 15.0 Å². The molecule has 5 heteroatoms. The lowest BCUT2D eigenvalue weighted by atomic mass is 10.1. The largest absolute Gasteiger partial charge is 0.489 e. The minimum atomic E-state index is -0.433. The van der Waals surface area contributed by atoms with E-state index in [0.717, 1.165) is 5.56 Å². The maximum atomic E-state index is 12.3. The van der Waals surface area contributed by atoms with Gasteiger partial charge in [0.15, 0.2) is 0 Å². The van der Waals surface area contributed by atoms with Crippen LogP contribution in [0.25, 0.3) is 0 Å². The topological polar surface area (TPSA) is 71.2 Å². The number of hydrogen-bond acceptors (Lipinski definition) is 3. The molecule has 0 aliphatic carbocycles. The van der Waals surface area contributed by atoms with Gasteiger partial charge in [0.2, 0.25) is 0 Å². The number of benzene rings is 2. The second-order valence-electron chi connectivity index (χ2n) is 5.62. The number of aromatic amines is 1. The summed E-state index contributed by atoms with van der Waals surface area (Å²) in [6.45, 7) is 2.20. The fourth-order valence-corrected chi connectivity index (χ4v) is 2.43. The summed E-state index contributed by atoms with van der Waals surface area (Å²) < 4.78 is 5.71. The summed E-state index contributed by atoms with van der Waals surface area (Å²) in [4.78, 5) is 26.6. The van der Waals surface area contributed by atoms with Crippen LogP contribution in [0, 0.1) is 6.92 Å². The molecule has 5 nitrogen and oxygen atoms in total. The van der Waals surface area contributed by atoms with E-state index in [9.17, 15) is 9.59 Å². The molecule has 0 saturated carbocycles. The molecule has 0 fully saturated rings. The smallest absolute Gasteiger partial charge is 0.261 e. The summed E-state index contributed by atoms with van der Waals surface area (Å²) in [6, 6.07) is 18.6. The molecule has 0 aliphatic heterocycles. The maximum Gasteiger partial charge on any atom is 0.261 e. The summed E-state index contributed by atoms with van der Waals surface area (Å²) in [5.41, 5.74) is 2.02. The molecule has 1 aromatic heterocycles. The van der Waals surface area contributed by atoms with Crippen LogP contribution in [-0.4, -0.2) is 10.9 Å². The summed E-state index contributed by atoms with van der Waals surface area (Å²) in [5.74, 6) is 0.271. The fourth-order valence-electron chi connectivity index (χ4n) is 2.43. The third-order valence-corrected chi connectivity index (χ3v) is 3.76. The molecule has 3 rings (SSSR count). The molecule has 0 spiro atoms. The molecule has 3 aromatic rings. The van der Waals surface area contributed by atoms with Crippen molar-refractivity contribution in [1.29, 1.82) is 0 Å². The summed E-state index contributed by atoms with van der Waals surface area (Å²) >= 11 is 0. The lowest BCUT2D eigenvalue weighted by Crippen LogP contribution is -2.24. The number of aromatic nitrogens is 1. The van der Waals surface area contributed by atoms with Gasteiger partial charge in [-0.05, 0) is 48.4 Å². The number of carbonyl (C=O) groups excluding carboxylic acids is 1. The monoisotopic (exact) mass is 334 g/mol. The van der Waals surface area contributed by atoms with Gasteiger partial charge in [-0.2, -0.15) is 0 Å². The van der Waals surface area contributed by atoms with Gasteiger partial charge >= 0.3 is 0 Å². The normalized spacial score (nSPS) is 10.3. The van der Waals surface area contributed by atoms with E-state index in [4.69, 9.17) is 4.74 Å². The fraction of sp³-hybridized carbons (Fsp3) is 0.100. The van der Waals surface area contributed by atoms with Gasteiger partial charge in [-0.3, -0.25) is 9.59 Å². The van der Waals surface area contributed by atoms with Crippen molar-refractivity contribution in [3.05, 3.63) is 93.9 Å². The van der Waals surface area contributed by atoms with Gasteiger partial charge in [-0.1, -0.05) is 30.3 Å². The van der Waals surface area contributed by atoms with Crippen LogP contribution < -0.4 is 15.6 Å². The number of ether oxygens (including phenoxy) is 1. The number of nitrogens with one attached hydrogen (secondary N) is 2. The highest BCUT2D eigenvalue weighted by atomic mass is 16.5. The second kappa shape index (κ2) is 7.49. The highest BCUT2D eigenvalue weighted by Crippen LogP contribution is 2.18. The summed E-state index contributed by atoms with van der Waals surface area (Å²) in [7, 11) is 0. The Balaban J connectivity index is 1.64. The van der Waals surface area contributed by atoms with E-state index in [2.05, 4.69) is 10.3 Å². The average molecular weight is 334 g/mol. The number of carbonyl (C=O) groups is 1. The molecule has 0 bridgehead atoms. The van der Waals surface area contributed by atoms with Gasteiger partial charge in [0.05, 0.1) is 0 Å². The second-order valence-corrected chi connectivity index (χ2v) is 5.62. The quantitative estimate of drug-likeness (QED) is 0.750. The molecule has 0 unspecified atom stereocenters. The molecular formula is C20H18N2O3. The lowest BCUT2D eigenvalue weighted by Gasteiger charge is -2.09. The molecule has 0 saturated heterocycles. The third-order valence-electron chi connectivity index (χ3n) is 3.76. The number of rotatable bonds is 5. The molecule has 1 amide bonds. The van der Waals surface area contributed by atoms with Crippen molar-refractivity contribution in [2.75, 3.05) is 5.32 Å². The lowest BCUT2D eigenvalue weighted by molar-refractivity contribution is 0.102. The Labute approximate surface area is 145 Å². The van der Waals surface area contributed by atoms with Crippen molar-refractivity contribution < 1.29 is 9.53 Å². The van der Waals surface area contributed by atoms with Crippen molar-refractivity contribution in [3.8, 4) is 5.75 Å². The number of anilines is 1. The summed E-state index contributed by atoms with van der Waals surface area (Å²) in [5, 5.41) is 2.73. The van der Waals surface area contributed by atoms with Gasteiger partial charge in [-0.25, -0.2) is 0 Å².